The smallest absolute Gasteiger partial charge is 0.118 e. The van der Waals surface area contributed by atoms with Gasteiger partial charge in [-0.15, -0.1) is 0 Å². The van der Waals surface area contributed by atoms with Crippen molar-refractivity contribution in [3.63, 3.8) is 0 Å². The average molecular weight is 275 g/mol. The molecular weight excluding hydrogens is 246 g/mol. The molecule has 112 valence electrons. The van der Waals surface area contributed by atoms with Crippen LogP contribution in [-0.2, 0) is 5.41 Å². The average Bonchev–Trinajstić information content (AvgIpc) is 2.36. The molecule has 2 nitrogen and oxygen atoms in total. The van der Waals surface area contributed by atoms with Gasteiger partial charge in [0, 0.05) is 12.0 Å². The summed E-state index contributed by atoms with van der Waals surface area (Å²) < 4.78 is 5.27. The van der Waals surface area contributed by atoms with Crippen molar-refractivity contribution in [3.8, 4) is 5.75 Å². The molecule has 1 fully saturated rings. The van der Waals surface area contributed by atoms with E-state index in [-0.39, 0.29) is 0 Å². The van der Waals surface area contributed by atoms with Crippen molar-refractivity contribution in [2.24, 2.45) is 11.3 Å². The summed E-state index contributed by atoms with van der Waals surface area (Å²) in [5.41, 5.74) is 2.23. The van der Waals surface area contributed by atoms with E-state index in [9.17, 15) is 0 Å². The lowest BCUT2D eigenvalue weighted by molar-refractivity contribution is 0.0558. The van der Waals surface area contributed by atoms with Crippen LogP contribution in [-0.4, -0.2) is 20.2 Å². The molecule has 1 aliphatic rings. The van der Waals surface area contributed by atoms with E-state index in [1.807, 2.05) is 0 Å². The molecule has 0 saturated heterocycles. The zero-order valence-electron chi connectivity index (χ0n) is 13.6. The molecule has 1 aromatic rings. The van der Waals surface area contributed by atoms with Crippen LogP contribution in [0.2, 0.25) is 0 Å². The lowest BCUT2D eigenvalue weighted by Crippen LogP contribution is -2.52. The van der Waals surface area contributed by atoms with E-state index in [0.717, 1.165) is 18.8 Å². The summed E-state index contributed by atoms with van der Waals surface area (Å²) in [5, 5.41) is 3.66. The lowest BCUT2D eigenvalue weighted by atomic mass is 9.52. The minimum Gasteiger partial charge on any atom is -0.497 e. The van der Waals surface area contributed by atoms with E-state index in [0.29, 0.717) is 16.7 Å². The molecule has 0 aromatic heterocycles. The minimum absolute atomic E-state index is 0.310. The first-order chi connectivity index (χ1) is 9.37. The first kappa shape index (κ1) is 15.4. The van der Waals surface area contributed by atoms with E-state index >= 15 is 0 Å². The highest BCUT2D eigenvalue weighted by atomic mass is 16.5. The monoisotopic (exact) mass is 275 g/mol. The molecule has 0 atom stereocenters. The predicted octanol–water partition coefficient (Wildman–Crippen LogP) is 4.00. The molecule has 0 radical (unpaired) electrons. The van der Waals surface area contributed by atoms with Crippen molar-refractivity contribution in [1.29, 1.82) is 0 Å². The Morgan fingerprint density at radius 2 is 1.75 bits per heavy atom. The van der Waals surface area contributed by atoms with Gasteiger partial charge in [-0.3, -0.25) is 0 Å². The van der Waals surface area contributed by atoms with Crippen molar-refractivity contribution in [2.75, 3.05) is 20.2 Å². The fourth-order valence-corrected chi connectivity index (χ4v) is 3.76. The lowest BCUT2D eigenvalue weighted by Gasteiger charge is -2.54. The summed E-state index contributed by atoms with van der Waals surface area (Å²) in [6, 6.07) is 8.66. The second-order valence-electron chi connectivity index (χ2n) is 7.55. The van der Waals surface area contributed by atoms with Crippen LogP contribution in [0.4, 0.5) is 0 Å². The van der Waals surface area contributed by atoms with Crippen LogP contribution in [0.3, 0.4) is 0 Å². The SMILES string of the molecule is COc1ccc(C2(CNCC(C)C)CC(C)(C)C2)cc1. The summed E-state index contributed by atoms with van der Waals surface area (Å²) in [6.07, 6.45) is 2.52. The minimum atomic E-state index is 0.310. The van der Waals surface area contributed by atoms with Gasteiger partial charge in [0.05, 0.1) is 7.11 Å². The van der Waals surface area contributed by atoms with Gasteiger partial charge in [-0.2, -0.15) is 0 Å². The molecule has 0 bridgehead atoms. The second-order valence-corrected chi connectivity index (χ2v) is 7.55. The number of benzene rings is 1. The predicted molar refractivity (Wildman–Crippen MR) is 85.4 cm³/mol. The van der Waals surface area contributed by atoms with Gasteiger partial charge >= 0.3 is 0 Å². The highest BCUT2D eigenvalue weighted by Gasteiger charge is 2.49. The fraction of sp³-hybridized carbons (Fsp3) is 0.667. The maximum Gasteiger partial charge on any atom is 0.118 e. The number of hydrogen-bond acceptors (Lipinski definition) is 2. The Labute approximate surface area is 123 Å². The maximum atomic E-state index is 5.27. The van der Waals surface area contributed by atoms with Gasteiger partial charge in [0.1, 0.15) is 5.75 Å². The fourth-order valence-electron chi connectivity index (χ4n) is 3.76. The molecule has 0 spiro atoms. The topological polar surface area (TPSA) is 21.3 Å². The Balaban J connectivity index is 2.10. The molecule has 2 heteroatoms. The van der Waals surface area contributed by atoms with Crippen molar-refractivity contribution in [2.45, 2.75) is 46.0 Å². The Hall–Kier alpha value is -1.02. The van der Waals surface area contributed by atoms with E-state index in [1.165, 1.54) is 18.4 Å². The Morgan fingerprint density at radius 1 is 1.15 bits per heavy atom. The molecule has 20 heavy (non-hydrogen) atoms. The number of ether oxygens (including phenoxy) is 1. The van der Waals surface area contributed by atoms with E-state index in [1.54, 1.807) is 7.11 Å². The standard InChI is InChI=1S/C18H29NO/c1-14(2)10-19-13-18(11-17(3,4)12-18)15-6-8-16(20-5)9-7-15/h6-9,14,19H,10-13H2,1-5H3. The Bertz CT molecular complexity index is 425. The first-order valence-electron chi connectivity index (χ1n) is 7.72. The normalized spacial score (nSPS) is 19.7. The highest BCUT2D eigenvalue weighted by Crippen LogP contribution is 2.55. The van der Waals surface area contributed by atoms with Gasteiger partial charge in [0.25, 0.3) is 0 Å². The summed E-state index contributed by atoms with van der Waals surface area (Å²) >= 11 is 0. The van der Waals surface area contributed by atoms with Crippen LogP contribution in [0.15, 0.2) is 24.3 Å². The van der Waals surface area contributed by atoms with Gasteiger partial charge in [-0.1, -0.05) is 39.8 Å². The molecule has 1 N–H and O–H groups in total. The third kappa shape index (κ3) is 3.35. The van der Waals surface area contributed by atoms with Gasteiger partial charge in [-0.25, -0.2) is 0 Å². The largest absolute Gasteiger partial charge is 0.497 e. The van der Waals surface area contributed by atoms with Crippen LogP contribution in [0.25, 0.3) is 0 Å². The van der Waals surface area contributed by atoms with Gasteiger partial charge in [0.15, 0.2) is 0 Å². The Morgan fingerprint density at radius 3 is 2.20 bits per heavy atom. The molecule has 2 rings (SSSR count). The van der Waals surface area contributed by atoms with Gasteiger partial charge in [0.2, 0.25) is 0 Å². The van der Waals surface area contributed by atoms with Crippen molar-refractivity contribution in [1.82, 2.24) is 5.32 Å². The van der Waals surface area contributed by atoms with Crippen LogP contribution >= 0.6 is 0 Å². The summed E-state index contributed by atoms with van der Waals surface area (Å²) in [5.74, 6) is 1.65. The molecule has 0 unspecified atom stereocenters. The third-order valence-corrected chi connectivity index (χ3v) is 4.35. The van der Waals surface area contributed by atoms with Gasteiger partial charge in [-0.05, 0) is 48.4 Å². The van der Waals surface area contributed by atoms with Crippen molar-refractivity contribution < 1.29 is 4.74 Å². The van der Waals surface area contributed by atoms with Crippen LogP contribution in [0.1, 0.15) is 46.1 Å². The summed E-state index contributed by atoms with van der Waals surface area (Å²) in [7, 11) is 1.72. The van der Waals surface area contributed by atoms with E-state index in [4.69, 9.17) is 4.74 Å². The van der Waals surface area contributed by atoms with E-state index < -0.39 is 0 Å². The Kier molecular flexibility index (Phi) is 4.43. The van der Waals surface area contributed by atoms with Crippen LogP contribution in [0, 0.1) is 11.3 Å². The zero-order valence-corrected chi connectivity index (χ0v) is 13.6. The molecule has 0 aliphatic heterocycles. The van der Waals surface area contributed by atoms with Crippen molar-refractivity contribution >= 4 is 0 Å². The van der Waals surface area contributed by atoms with E-state index in [2.05, 4.69) is 57.3 Å². The quantitative estimate of drug-likeness (QED) is 0.847. The zero-order chi connectivity index (χ0) is 14.8. The first-order valence-corrected chi connectivity index (χ1v) is 7.72. The molecular formula is C18H29NO. The molecule has 0 heterocycles. The summed E-state index contributed by atoms with van der Waals surface area (Å²) in [6.45, 7) is 11.4. The number of hydrogen-bond donors (Lipinski definition) is 1. The molecule has 1 aromatic carbocycles. The molecule has 1 saturated carbocycles. The number of nitrogens with one attached hydrogen (secondary N) is 1. The number of methoxy groups -OCH3 is 1. The van der Waals surface area contributed by atoms with Gasteiger partial charge < -0.3 is 10.1 Å². The second kappa shape index (κ2) is 5.77. The number of rotatable bonds is 6. The highest BCUT2D eigenvalue weighted by molar-refractivity contribution is 5.35. The molecule has 0 amide bonds. The molecule has 1 aliphatic carbocycles. The van der Waals surface area contributed by atoms with Crippen LogP contribution < -0.4 is 10.1 Å². The van der Waals surface area contributed by atoms with Crippen molar-refractivity contribution in [3.05, 3.63) is 29.8 Å². The summed E-state index contributed by atoms with van der Waals surface area (Å²) in [4.78, 5) is 0. The maximum absolute atomic E-state index is 5.27. The third-order valence-electron chi connectivity index (χ3n) is 4.35. The van der Waals surface area contributed by atoms with Crippen LogP contribution in [0.5, 0.6) is 5.75 Å².